The van der Waals surface area contributed by atoms with Gasteiger partial charge in [-0.3, -0.25) is 0 Å². The molecule has 1 N–H and O–H groups in total. The predicted octanol–water partition coefficient (Wildman–Crippen LogP) is 4.74. The molecule has 0 saturated carbocycles. The van der Waals surface area contributed by atoms with Crippen molar-refractivity contribution >= 4 is 6.08 Å². The molecular formula is C19H23NO. The highest BCUT2D eigenvalue weighted by molar-refractivity contribution is 5.52. The molecule has 2 heteroatoms. The first kappa shape index (κ1) is 15.3. The van der Waals surface area contributed by atoms with Gasteiger partial charge in [-0.05, 0) is 42.3 Å². The molecule has 0 unspecified atom stereocenters. The van der Waals surface area contributed by atoms with E-state index >= 15 is 0 Å². The van der Waals surface area contributed by atoms with Gasteiger partial charge in [0, 0.05) is 6.54 Å². The van der Waals surface area contributed by atoms with Crippen LogP contribution in [-0.4, -0.2) is 13.1 Å². The van der Waals surface area contributed by atoms with Gasteiger partial charge in [-0.1, -0.05) is 56.3 Å². The van der Waals surface area contributed by atoms with Crippen LogP contribution in [-0.2, 0) is 0 Å². The Bertz CT molecular complexity index is 561. The second-order valence-electron chi connectivity index (χ2n) is 5.44. The smallest absolute Gasteiger partial charge is 0.128 e. The monoisotopic (exact) mass is 281 g/mol. The van der Waals surface area contributed by atoms with Gasteiger partial charge in [-0.25, -0.2) is 0 Å². The van der Waals surface area contributed by atoms with E-state index in [1.807, 2.05) is 48.5 Å². The molecule has 0 amide bonds. The lowest BCUT2D eigenvalue weighted by molar-refractivity contribution is 0.482. The maximum absolute atomic E-state index is 5.83. The second-order valence-corrected chi connectivity index (χ2v) is 5.44. The maximum Gasteiger partial charge on any atom is 0.128 e. The summed E-state index contributed by atoms with van der Waals surface area (Å²) >= 11 is 0. The molecule has 2 aromatic rings. The van der Waals surface area contributed by atoms with E-state index < -0.39 is 0 Å². The molecule has 2 aromatic carbocycles. The van der Waals surface area contributed by atoms with Crippen molar-refractivity contribution in [3.8, 4) is 11.5 Å². The van der Waals surface area contributed by atoms with Gasteiger partial charge in [0.1, 0.15) is 11.5 Å². The van der Waals surface area contributed by atoms with Gasteiger partial charge in [0.25, 0.3) is 0 Å². The van der Waals surface area contributed by atoms with E-state index in [-0.39, 0.29) is 0 Å². The van der Waals surface area contributed by atoms with Crippen LogP contribution in [0.5, 0.6) is 11.5 Å². The van der Waals surface area contributed by atoms with Crippen molar-refractivity contribution < 1.29 is 4.74 Å². The number of hydrogen-bond acceptors (Lipinski definition) is 2. The summed E-state index contributed by atoms with van der Waals surface area (Å²) < 4.78 is 5.83. The Balaban J connectivity index is 1.90. The minimum Gasteiger partial charge on any atom is -0.457 e. The molecule has 0 aliphatic carbocycles. The van der Waals surface area contributed by atoms with E-state index in [0.717, 1.165) is 30.2 Å². The molecule has 0 saturated heterocycles. The van der Waals surface area contributed by atoms with Crippen LogP contribution in [0.1, 0.15) is 19.4 Å². The Kier molecular flexibility index (Phi) is 6.04. The highest BCUT2D eigenvalue weighted by Gasteiger charge is 1.97. The van der Waals surface area contributed by atoms with E-state index in [2.05, 4.69) is 37.4 Å². The van der Waals surface area contributed by atoms with Crippen molar-refractivity contribution in [2.24, 2.45) is 5.92 Å². The second kappa shape index (κ2) is 8.28. The third kappa shape index (κ3) is 5.84. The molecule has 0 aromatic heterocycles. The lowest BCUT2D eigenvalue weighted by Crippen LogP contribution is -2.19. The van der Waals surface area contributed by atoms with Crippen molar-refractivity contribution in [1.29, 1.82) is 0 Å². The number of hydrogen-bond donors (Lipinski definition) is 1. The van der Waals surface area contributed by atoms with Crippen molar-refractivity contribution in [1.82, 2.24) is 5.32 Å². The Hall–Kier alpha value is -2.06. The highest BCUT2D eigenvalue weighted by atomic mass is 16.5. The minimum atomic E-state index is 0.681. The van der Waals surface area contributed by atoms with Gasteiger partial charge in [-0.2, -0.15) is 0 Å². The lowest BCUT2D eigenvalue weighted by atomic mass is 10.2. The summed E-state index contributed by atoms with van der Waals surface area (Å²) in [5, 5.41) is 3.39. The van der Waals surface area contributed by atoms with Crippen LogP contribution in [0.15, 0.2) is 60.7 Å². The molecule has 0 fully saturated rings. The average Bonchev–Trinajstić information content (AvgIpc) is 2.48. The molecule has 0 heterocycles. The van der Waals surface area contributed by atoms with E-state index in [1.165, 1.54) is 0 Å². The summed E-state index contributed by atoms with van der Waals surface area (Å²) in [6.45, 7) is 6.35. The molecule has 2 rings (SSSR count). The molecule has 0 spiro atoms. The summed E-state index contributed by atoms with van der Waals surface area (Å²) in [5.74, 6) is 2.40. The maximum atomic E-state index is 5.83. The fraction of sp³-hybridized carbons (Fsp3) is 0.263. The first-order chi connectivity index (χ1) is 10.2. The minimum absolute atomic E-state index is 0.681. The summed E-state index contributed by atoms with van der Waals surface area (Å²) in [5.41, 5.74) is 1.15. The summed E-state index contributed by atoms with van der Waals surface area (Å²) in [4.78, 5) is 0. The Morgan fingerprint density at radius 2 is 1.76 bits per heavy atom. The largest absolute Gasteiger partial charge is 0.457 e. The van der Waals surface area contributed by atoms with Crippen LogP contribution in [0.3, 0.4) is 0 Å². The number of para-hydroxylation sites is 1. The fourth-order valence-corrected chi connectivity index (χ4v) is 1.96. The first-order valence-electron chi connectivity index (χ1n) is 7.44. The van der Waals surface area contributed by atoms with Gasteiger partial charge < -0.3 is 10.1 Å². The number of nitrogens with one attached hydrogen (secondary N) is 1. The molecule has 0 bridgehead atoms. The summed E-state index contributed by atoms with van der Waals surface area (Å²) in [6, 6.07) is 18.0. The van der Waals surface area contributed by atoms with Crippen molar-refractivity contribution in [2.75, 3.05) is 13.1 Å². The standard InChI is InChI=1S/C19H23NO/c1-16(2)15-20-13-7-9-17-8-6-12-19(14-17)21-18-10-4-3-5-11-18/h3-12,14,16,20H,13,15H2,1-2H3. The first-order valence-corrected chi connectivity index (χ1v) is 7.44. The Morgan fingerprint density at radius 1 is 1.00 bits per heavy atom. The molecule has 2 nitrogen and oxygen atoms in total. The van der Waals surface area contributed by atoms with Crippen LogP contribution >= 0.6 is 0 Å². The molecule has 0 aliphatic heterocycles. The summed E-state index contributed by atoms with van der Waals surface area (Å²) in [7, 11) is 0. The fourth-order valence-electron chi connectivity index (χ4n) is 1.96. The molecule has 110 valence electrons. The van der Waals surface area contributed by atoms with Crippen LogP contribution in [0.4, 0.5) is 0 Å². The Labute approximate surface area is 127 Å². The molecule has 0 aliphatic rings. The number of ether oxygens (including phenoxy) is 1. The average molecular weight is 281 g/mol. The van der Waals surface area contributed by atoms with Crippen LogP contribution in [0, 0.1) is 5.92 Å². The highest BCUT2D eigenvalue weighted by Crippen LogP contribution is 2.22. The molecule has 0 atom stereocenters. The van der Waals surface area contributed by atoms with Crippen molar-refractivity contribution in [3.05, 3.63) is 66.2 Å². The van der Waals surface area contributed by atoms with Gasteiger partial charge in [0.2, 0.25) is 0 Å². The normalized spacial score (nSPS) is 11.2. The molecule has 0 radical (unpaired) electrons. The molecule has 21 heavy (non-hydrogen) atoms. The topological polar surface area (TPSA) is 21.3 Å². The lowest BCUT2D eigenvalue weighted by Gasteiger charge is -2.06. The zero-order chi connectivity index (χ0) is 14.9. The predicted molar refractivity (Wildman–Crippen MR) is 89.7 cm³/mol. The summed E-state index contributed by atoms with van der Waals surface area (Å²) in [6.07, 6.45) is 4.26. The van der Waals surface area contributed by atoms with E-state index in [0.29, 0.717) is 5.92 Å². The number of rotatable bonds is 7. The van der Waals surface area contributed by atoms with Gasteiger partial charge in [0.05, 0.1) is 0 Å². The van der Waals surface area contributed by atoms with E-state index in [9.17, 15) is 0 Å². The van der Waals surface area contributed by atoms with Crippen molar-refractivity contribution in [3.63, 3.8) is 0 Å². The third-order valence-electron chi connectivity index (χ3n) is 2.96. The third-order valence-corrected chi connectivity index (χ3v) is 2.96. The Morgan fingerprint density at radius 3 is 2.52 bits per heavy atom. The van der Waals surface area contributed by atoms with E-state index in [4.69, 9.17) is 4.74 Å². The van der Waals surface area contributed by atoms with Crippen LogP contribution in [0.2, 0.25) is 0 Å². The number of benzene rings is 2. The van der Waals surface area contributed by atoms with Crippen LogP contribution in [0.25, 0.3) is 6.08 Å². The molecular weight excluding hydrogens is 258 g/mol. The van der Waals surface area contributed by atoms with E-state index in [1.54, 1.807) is 0 Å². The van der Waals surface area contributed by atoms with Gasteiger partial charge >= 0.3 is 0 Å². The van der Waals surface area contributed by atoms with Gasteiger partial charge in [-0.15, -0.1) is 0 Å². The quantitative estimate of drug-likeness (QED) is 0.740. The zero-order valence-corrected chi connectivity index (χ0v) is 12.8. The van der Waals surface area contributed by atoms with Gasteiger partial charge in [0.15, 0.2) is 0 Å². The SMILES string of the molecule is CC(C)CNCC=Cc1cccc(Oc2ccccc2)c1. The van der Waals surface area contributed by atoms with Crippen LogP contribution < -0.4 is 10.1 Å². The zero-order valence-electron chi connectivity index (χ0n) is 12.8. The van der Waals surface area contributed by atoms with Crippen molar-refractivity contribution in [2.45, 2.75) is 13.8 Å².